The van der Waals surface area contributed by atoms with Gasteiger partial charge in [-0.05, 0) is 52.5 Å². The standard InChI is InChI=1S/C14H14BrNOS/c15-10-7-13(18-8-10)14(16)9-2-1-3-12(6-9)17-11-4-5-11/h1-3,6-8,11,14H,4-5,16H2. The SMILES string of the molecule is NC(c1cccc(OC2CC2)c1)c1cc(Br)cs1. The van der Waals surface area contributed by atoms with Gasteiger partial charge in [0.1, 0.15) is 5.75 Å². The number of halogens is 1. The minimum absolute atomic E-state index is 0.0796. The Morgan fingerprint density at radius 3 is 2.83 bits per heavy atom. The fourth-order valence-corrected chi connectivity index (χ4v) is 3.29. The molecule has 2 nitrogen and oxygen atoms in total. The van der Waals surface area contributed by atoms with Gasteiger partial charge < -0.3 is 10.5 Å². The van der Waals surface area contributed by atoms with Crippen LogP contribution in [0.15, 0.2) is 40.2 Å². The molecular weight excluding hydrogens is 310 g/mol. The van der Waals surface area contributed by atoms with Crippen molar-refractivity contribution in [1.29, 1.82) is 0 Å². The zero-order chi connectivity index (χ0) is 12.5. The van der Waals surface area contributed by atoms with Crippen molar-refractivity contribution in [3.05, 3.63) is 50.6 Å². The zero-order valence-corrected chi connectivity index (χ0v) is 12.2. The van der Waals surface area contributed by atoms with Gasteiger partial charge in [0.25, 0.3) is 0 Å². The molecule has 0 bridgehead atoms. The Labute approximate surface area is 119 Å². The predicted molar refractivity (Wildman–Crippen MR) is 78.1 cm³/mol. The molecule has 94 valence electrons. The molecule has 1 unspecified atom stereocenters. The van der Waals surface area contributed by atoms with Crippen LogP contribution in [0.25, 0.3) is 0 Å². The van der Waals surface area contributed by atoms with Crippen molar-refractivity contribution in [3.63, 3.8) is 0 Å². The summed E-state index contributed by atoms with van der Waals surface area (Å²) in [7, 11) is 0. The fraction of sp³-hybridized carbons (Fsp3) is 0.286. The summed E-state index contributed by atoms with van der Waals surface area (Å²) in [4.78, 5) is 1.16. The van der Waals surface area contributed by atoms with Crippen LogP contribution < -0.4 is 10.5 Å². The summed E-state index contributed by atoms with van der Waals surface area (Å²) >= 11 is 5.13. The van der Waals surface area contributed by atoms with Crippen molar-refractivity contribution >= 4 is 27.3 Å². The lowest BCUT2D eigenvalue weighted by Gasteiger charge is -2.12. The van der Waals surface area contributed by atoms with Gasteiger partial charge in [-0.2, -0.15) is 0 Å². The number of rotatable bonds is 4. The molecule has 3 rings (SSSR count). The number of ether oxygens (including phenoxy) is 1. The Kier molecular flexibility index (Phi) is 3.41. The maximum absolute atomic E-state index is 6.28. The zero-order valence-electron chi connectivity index (χ0n) is 9.80. The van der Waals surface area contributed by atoms with Crippen LogP contribution in [0.3, 0.4) is 0 Å². The van der Waals surface area contributed by atoms with Gasteiger partial charge in [0.15, 0.2) is 0 Å². The molecule has 4 heteroatoms. The van der Waals surface area contributed by atoms with E-state index in [-0.39, 0.29) is 6.04 Å². The third kappa shape index (κ3) is 2.76. The Hall–Kier alpha value is -0.840. The molecule has 1 aliphatic carbocycles. The first kappa shape index (κ1) is 12.2. The summed E-state index contributed by atoms with van der Waals surface area (Å²) in [5, 5.41) is 2.06. The van der Waals surface area contributed by atoms with Crippen molar-refractivity contribution in [2.75, 3.05) is 0 Å². The highest BCUT2D eigenvalue weighted by Gasteiger charge is 2.23. The van der Waals surface area contributed by atoms with Crippen molar-refractivity contribution in [3.8, 4) is 5.75 Å². The number of hydrogen-bond donors (Lipinski definition) is 1. The van der Waals surface area contributed by atoms with Gasteiger partial charge in [0.2, 0.25) is 0 Å². The summed E-state index contributed by atoms with van der Waals surface area (Å²) in [6, 6.07) is 10.1. The molecule has 0 radical (unpaired) electrons. The summed E-state index contributed by atoms with van der Waals surface area (Å²) in [5.41, 5.74) is 7.38. The second kappa shape index (κ2) is 5.03. The lowest BCUT2D eigenvalue weighted by Crippen LogP contribution is -2.10. The quantitative estimate of drug-likeness (QED) is 0.919. The topological polar surface area (TPSA) is 35.2 Å². The van der Waals surface area contributed by atoms with E-state index in [1.165, 1.54) is 12.8 Å². The van der Waals surface area contributed by atoms with Gasteiger partial charge >= 0.3 is 0 Å². The Balaban J connectivity index is 1.81. The monoisotopic (exact) mass is 323 g/mol. The van der Waals surface area contributed by atoms with Gasteiger partial charge in [0, 0.05) is 14.7 Å². The third-order valence-corrected chi connectivity index (χ3v) is 4.72. The molecule has 1 fully saturated rings. The van der Waals surface area contributed by atoms with Crippen molar-refractivity contribution in [2.45, 2.75) is 25.0 Å². The van der Waals surface area contributed by atoms with E-state index in [0.29, 0.717) is 6.10 Å². The Morgan fingerprint density at radius 1 is 1.33 bits per heavy atom. The molecule has 2 N–H and O–H groups in total. The Bertz CT molecular complexity index is 550. The van der Waals surface area contributed by atoms with Crippen LogP contribution in [0.5, 0.6) is 5.75 Å². The van der Waals surface area contributed by atoms with Crippen LogP contribution in [0.4, 0.5) is 0 Å². The maximum Gasteiger partial charge on any atom is 0.120 e. The van der Waals surface area contributed by atoms with Crippen LogP contribution in [0.2, 0.25) is 0 Å². The second-order valence-corrected chi connectivity index (χ2v) is 6.39. The smallest absolute Gasteiger partial charge is 0.120 e. The van der Waals surface area contributed by atoms with Gasteiger partial charge in [0.05, 0.1) is 12.1 Å². The van der Waals surface area contributed by atoms with Crippen molar-refractivity contribution in [1.82, 2.24) is 0 Å². The molecule has 1 saturated carbocycles. The number of nitrogens with two attached hydrogens (primary N) is 1. The molecule has 0 spiro atoms. The van der Waals surface area contributed by atoms with E-state index < -0.39 is 0 Å². The lowest BCUT2D eigenvalue weighted by atomic mass is 10.1. The summed E-state index contributed by atoms with van der Waals surface area (Å²) in [5.74, 6) is 0.932. The normalized spacial score (nSPS) is 16.6. The summed E-state index contributed by atoms with van der Waals surface area (Å²) in [6.45, 7) is 0. The summed E-state index contributed by atoms with van der Waals surface area (Å²) < 4.78 is 6.88. The average Bonchev–Trinajstić information content (AvgIpc) is 3.08. The van der Waals surface area contributed by atoms with E-state index in [0.717, 1.165) is 20.7 Å². The molecule has 18 heavy (non-hydrogen) atoms. The summed E-state index contributed by atoms with van der Waals surface area (Å²) in [6.07, 6.45) is 2.77. The predicted octanol–water partition coefficient (Wildman–Crippen LogP) is 4.10. The number of thiophene rings is 1. The molecule has 0 amide bonds. The minimum atomic E-state index is -0.0796. The highest BCUT2D eigenvalue weighted by atomic mass is 79.9. The van der Waals surface area contributed by atoms with Crippen molar-refractivity contribution in [2.24, 2.45) is 5.73 Å². The van der Waals surface area contributed by atoms with Gasteiger partial charge in [-0.1, -0.05) is 12.1 Å². The van der Waals surface area contributed by atoms with E-state index in [1.54, 1.807) is 11.3 Å². The first-order valence-electron chi connectivity index (χ1n) is 5.98. The molecule has 1 aromatic heterocycles. The first-order chi connectivity index (χ1) is 8.72. The molecule has 2 aromatic rings. The second-order valence-electron chi connectivity index (χ2n) is 4.53. The highest BCUT2D eigenvalue weighted by molar-refractivity contribution is 9.10. The van der Waals surface area contributed by atoms with Gasteiger partial charge in [-0.15, -0.1) is 11.3 Å². The van der Waals surface area contributed by atoms with Gasteiger partial charge in [-0.25, -0.2) is 0 Å². The molecule has 0 aliphatic heterocycles. The van der Waals surface area contributed by atoms with Crippen LogP contribution in [0.1, 0.15) is 29.3 Å². The lowest BCUT2D eigenvalue weighted by molar-refractivity contribution is 0.303. The van der Waals surface area contributed by atoms with E-state index in [1.807, 2.05) is 12.1 Å². The minimum Gasteiger partial charge on any atom is -0.490 e. The average molecular weight is 324 g/mol. The van der Waals surface area contributed by atoms with E-state index in [9.17, 15) is 0 Å². The number of hydrogen-bond acceptors (Lipinski definition) is 3. The Morgan fingerprint density at radius 2 is 2.17 bits per heavy atom. The van der Waals surface area contributed by atoms with Crippen LogP contribution >= 0.6 is 27.3 Å². The highest BCUT2D eigenvalue weighted by Crippen LogP contribution is 2.31. The van der Waals surface area contributed by atoms with Crippen molar-refractivity contribution < 1.29 is 4.74 Å². The first-order valence-corrected chi connectivity index (χ1v) is 7.66. The van der Waals surface area contributed by atoms with Crippen LogP contribution in [0, 0.1) is 0 Å². The van der Waals surface area contributed by atoms with E-state index in [2.05, 4.69) is 39.5 Å². The van der Waals surface area contributed by atoms with E-state index in [4.69, 9.17) is 10.5 Å². The molecule has 0 saturated heterocycles. The molecule has 1 atom stereocenters. The third-order valence-electron chi connectivity index (χ3n) is 2.94. The molecular formula is C14H14BrNOS. The largest absolute Gasteiger partial charge is 0.490 e. The maximum atomic E-state index is 6.28. The number of benzene rings is 1. The molecule has 1 heterocycles. The van der Waals surface area contributed by atoms with E-state index >= 15 is 0 Å². The molecule has 1 aliphatic rings. The van der Waals surface area contributed by atoms with Crippen LogP contribution in [-0.4, -0.2) is 6.10 Å². The fourth-order valence-electron chi connectivity index (χ4n) is 1.82. The van der Waals surface area contributed by atoms with Crippen LogP contribution in [-0.2, 0) is 0 Å². The van der Waals surface area contributed by atoms with Gasteiger partial charge in [-0.3, -0.25) is 0 Å². The molecule has 1 aromatic carbocycles.